The van der Waals surface area contributed by atoms with Gasteiger partial charge in [-0.3, -0.25) is 4.79 Å². The van der Waals surface area contributed by atoms with Gasteiger partial charge in [0.2, 0.25) is 5.91 Å². The highest BCUT2D eigenvalue weighted by Crippen LogP contribution is 2.19. The van der Waals surface area contributed by atoms with Crippen molar-refractivity contribution >= 4 is 21.8 Å². The van der Waals surface area contributed by atoms with Gasteiger partial charge in [0.05, 0.1) is 6.42 Å². The highest BCUT2D eigenvalue weighted by atomic mass is 79.9. The summed E-state index contributed by atoms with van der Waals surface area (Å²) in [6.45, 7) is 4.30. The van der Waals surface area contributed by atoms with Crippen LogP contribution in [-0.4, -0.2) is 36.5 Å². The van der Waals surface area contributed by atoms with Crippen LogP contribution in [0.5, 0.6) is 0 Å². The molecule has 0 aromatic heterocycles. The van der Waals surface area contributed by atoms with Gasteiger partial charge < -0.3 is 10.2 Å². The Labute approximate surface area is 114 Å². The van der Waals surface area contributed by atoms with E-state index in [1.807, 2.05) is 4.90 Å². The molecule has 1 N–H and O–H groups in total. The zero-order valence-corrected chi connectivity index (χ0v) is 11.8. The first-order chi connectivity index (χ1) is 8.56. The van der Waals surface area contributed by atoms with Gasteiger partial charge in [0.15, 0.2) is 0 Å². The molecule has 1 aliphatic heterocycles. The van der Waals surface area contributed by atoms with E-state index in [-0.39, 0.29) is 18.1 Å². The van der Waals surface area contributed by atoms with E-state index in [4.69, 9.17) is 0 Å². The maximum Gasteiger partial charge on any atom is 0.227 e. The lowest BCUT2D eigenvalue weighted by Crippen LogP contribution is -2.51. The topological polar surface area (TPSA) is 32.3 Å². The van der Waals surface area contributed by atoms with E-state index in [9.17, 15) is 9.18 Å². The van der Waals surface area contributed by atoms with Crippen LogP contribution in [0.25, 0.3) is 0 Å². The van der Waals surface area contributed by atoms with Crippen molar-refractivity contribution in [1.82, 2.24) is 10.2 Å². The van der Waals surface area contributed by atoms with Gasteiger partial charge >= 0.3 is 0 Å². The van der Waals surface area contributed by atoms with Gasteiger partial charge in [-0.25, -0.2) is 4.39 Å². The van der Waals surface area contributed by atoms with Crippen molar-refractivity contribution in [1.29, 1.82) is 0 Å². The number of carbonyl (C=O) groups is 1. The third-order valence-corrected chi connectivity index (χ3v) is 3.84. The second-order valence-electron chi connectivity index (χ2n) is 4.61. The van der Waals surface area contributed by atoms with Crippen molar-refractivity contribution in [3.05, 3.63) is 34.1 Å². The number of nitrogens with zero attached hydrogens (tertiary/aromatic N) is 1. The smallest absolute Gasteiger partial charge is 0.227 e. The molecule has 1 aromatic rings. The summed E-state index contributed by atoms with van der Waals surface area (Å²) in [6.07, 6.45) is 0.241. The van der Waals surface area contributed by atoms with E-state index in [1.165, 1.54) is 12.1 Å². The lowest BCUT2D eigenvalue weighted by atomic mass is 10.1. The summed E-state index contributed by atoms with van der Waals surface area (Å²) in [5.74, 6) is -0.260. The molecule has 1 heterocycles. The molecule has 1 aliphatic rings. The number of halogens is 2. The molecule has 1 fully saturated rings. The minimum Gasteiger partial charge on any atom is -0.340 e. The van der Waals surface area contributed by atoms with Crippen LogP contribution in [0.3, 0.4) is 0 Å². The molecule has 0 spiro atoms. The number of hydrogen-bond donors (Lipinski definition) is 1. The van der Waals surface area contributed by atoms with Crippen LogP contribution in [0, 0.1) is 5.82 Å². The summed E-state index contributed by atoms with van der Waals surface area (Å²) < 4.78 is 13.9. The summed E-state index contributed by atoms with van der Waals surface area (Å²) in [6, 6.07) is 4.75. The molecule has 0 unspecified atom stereocenters. The highest BCUT2D eigenvalue weighted by molar-refractivity contribution is 9.10. The highest BCUT2D eigenvalue weighted by Gasteiger charge is 2.21. The molecule has 0 radical (unpaired) electrons. The zero-order chi connectivity index (χ0) is 13.1. The normalized spacial score (nSPS) is 19.9. The SMILES string of the molecule is C[C@H]1CN(C(=O)Cc2cc(F)ccc2Br)CCN1. The van der Waals surface area contributed by atoms with Gasteiger partial charge in [-0.05, 0) is 30.7 Å². The molecule has 1 saturated heterocycles. The lowest BCUT2D eigenvalue weighted by Gasteiger charge is -2.32. The molecule has 5 heteroatoms. The van der Waals surface area contributed by atoms with Gasteiger partial charge in [-0.15, -0.1) is 0 Å². The van der Waals surface area contributed by atoms with E-state index in [0.717, 1.165) is 17.6 Å². The Bertz CT molecular complexity index is 453. The molecule has 0 saturated carbocycles. The second kappa shape index (κ2) is 5.80. The Balaban J connectivity index is 2.04. The van der Waals surface area contributed by atoms with Crippen LogP contribution in [-0.2, 0) is 11.2 Å². The second-order valence-corrected chi connectivity index (χ2v) is 5.46. The number of nitrogens with one attached hydrogen (secondary N) is 1. The molecule has 0 bridgehead atoms. The largest absolute Gasteiger partial charge is 0.340 e. The molecule has 98 valence electrons. The Morgan fingerprint density at radius 3 is 3.11 bits per heavy atom. The van der Waals surface area contributed by atoms with Crippen LogP contribution in [0.4, 0.5) is 4.39 Å². The lowest BCUT2D eigenvalue weighted by molar-refractivity contribution is -0.131. The van der Waals surface area contributed by atoms with E-state index in [0.29, 0.717) is 18.2 Å². The summed E-state index contributed by atoms with van der Waals surface area (Å²) in [5, 5.41) is 3.29. The van der Waals surface area contributed by atoms with E-state index in [2.05, 4.69) is 28.2 Å². The van der Waals surface area contributed by atoms with E-state index in [1.54, 1.807) is 6.07 Å². The predicted octanol–water partition coefficient (Wildman–Crippen LogP) is 1.95. The van der Waals surface area contributed by atoms with Crippen molar-refractivity contribution in [3.63, 3.8) is 0 Å². The molecule has 0 aliphatic carbocycles. The van der Waals surface area contributed by atoms with Gasteiger partial charge in [0.25, 0.3) is 0 Å². The summed E-state index contributed by atoms with van der Waals surface area (Å²) in [7, 11) is 0. The van der Waals surface area contributed by atoms with Gasteiger partial charge in [0.1, 0.15) is 5.82 Å². The minimum absolute atomic E-state index is 0.0506. The molecule has 1 atom stereocenters. The number of benzene rings is 1. The maximum atomic E-state index is 13.1. The quantitative estimate of drug-likeness (QED) is 0.905. The maximum absolute atomic E-state index is 13.1. The monoisotopic (exact) mass is 314 g/mol. The fraction of sp³-hybridized carbons (Fsp3) is 0.462. The molecular weight excluding hydrogens is 299 g/mol. The predicted molar refractivity (Wildman–Crippen MR) is 71.8 cm³/mol. The van der Waals surface area contributed by atoms with Crippen LogP contribution in [0.2, 0.25) is 0 Å². The average Bonchev–Trinajstić information content (AvgIpc) is 2.34. The van der Waals surface area contributed by atoms with Gasteiger partial charge in [-0.2, -0.15) is 0 Å². The van der Waals surface area contributed by atoms with Gasteiger partial charge in [0, 0.05) is 30.1 Å². The van der Waals surface area contributed by atoms with Crippen molar-refractivity contribution in [3.8, 4) is 0 Å². The van der Waals surface area contributed by atoms with Crippen molar-refractivity contribution in [2.24, 2.45) is 0 Å². The number of rotatable bonds is 2. The van der Waals surface area contributed by atoms with Crippen molar-refractivity contribution in [2.75, 3.05) is 19.6 Å². The van der Waals surface area contributed by atoms with Crippen LogP contribution in [0.1, 0.15) is 12.5 Å². The fourth-order valence-electron chi connectivity index (χ4n) is 2.11. The first-order valence-electron chi connectivity index (χ1n) is 6.01. The van der Waals surface area contributed by atoms with Crippen molar-refractivity contribution < 1.29 is 9.18 Å². The van der Waals surface area contributed by atoms with Crippen LogP contribution >= 0.6 is 15.9 Å². The number of amides is 1. The molecule has 2 rings (SSSR count). The Kier molecular flexibility index (Phi) is 4.35. The number of piperazine rings is 1. The molecule has 3 nitrogen and oxygen atoms in total. The minimum atomic E-state index is -0.310. The Morgan fingerprint density at radius 1 is 1.61 bits per heavy atom. The third-order valence-electron chi connectivity index (χ3n) is 3.07. The van der Waals surface area contributed by atoms with E-state index >= 15 is 0 Å². The Hall–Kier alpha value is -0.940. The van der Waals surface area contributed by atoms with Crippen LogP contribution < -0.4 is 5.32 Å². The average molecular weight is 315 g/mol. The molecule has 18 heavy (non-hydrogen) atoms. The Morgan fingerprint density at radius 2 is 2.39 bits per heavy atom. The van der Waals surface area contributed by atoms with E-state index < -0.39 is 0 Å². The number of hydrogen-bond acceptors (Lipinski definition) is 2. The molecule has 1 aromatic carbocycles. The molecule has 1 amide bonds. The number of carbonyl (C=O) groups excluding carboxylic acids is 1. The van der Waals surface area contributed by atoms with Gasteiger partial charge in [-0.1, -0.05) is 15.9 Å². The summed E-state index contributed by atoms with van der Waals surface area (Å²) in [5.41, 5.74) is 0.700. The van der Waals surface area contributed by atoms with Crippen molar-refractivity contribution in [2.45, 2.75) is 19.4 Å². The standard InChI is InChI=1S/C13H16BrFN2O/c1-9-8-17(5-4-16-9)13(18)7-10-6-11(15)2-3-12(10)14/h2-3,6,9,16H,4-5,7-8H2,1H3/t9-/m0/s1. The third kappa shape index (κ3) is 3.29. The zero-order valence-electron chi connectivity index (χ0n) is 10.2. The molecular formula is C13H16BrFN2O. The van der Waals surface area contributed by atoms with Crippen LogP contribution in [0.15, 0.2) is 22.7 Å². The fourth-order valence-corrected chi connectivity index (χ4v) is 2.50. The first-order valence-corrected chi connectivity index (χ1v) is 6.80. The first kappa shape index (κ1) is 13.5. The summed E-state index contributed by atoms with van der Waals surface area (Å²) >= 11 is 3.35. The summed E-state index contributed by atoms with van der Waals surface area (Å²) in [4.78, 5) is 14.0.